The Morgan fingerprint density at radius 3 is 2.67 bits per heavy atom. The molecule has 0 aliphatic rings. The summed E-state index contributed by atoms with van der Waals surface area (Å²) < 4.78 is 5.85. The molecule has 0 N–H and O–H groups in total. The van der Waals surface area contributed by atoms with Crippen LogP contribution in [0.25, 0.3) is 0 Å². The molecule has 0 spiro atoms. The molecule has 0 atom stereocenters. The molecule has 0 bridgehead atoms. The summed E-state index contributed by atoms with van der Waals surface area (Å²) in [5, 5.41) is 2.89. The standard InChI is InChI=1S/C8H8BrNO2/c1-5-3-6(9)4-7(12-2)8(5)10-11/h3-4H,1-2H3. The molecule has 0 unspecified atom stereocenters. The van der Waals surface area contributed by atoms with Crippen LogP contribution in [0, 0.1) is 11.8 Å². The van der Waals surface area contributed by atoms with Crippen molar-refractivity contribution in [1.82, 2.24) is 0 Å². The van der Waals surface area contributed by atoms with E-state index < -0.39 is 0 Å². The highest BCUT2D eigenvalue weighted by atomic mass is 79.9. The first kappa shape index (κ1) is 9.19. The normalized spacial score (nSPS) is 9.58. The highest BCUT2D eigenvalue weighted by molar-refractivity contribution is 9.10. The van der Waals surface area contributed by atoms with Crippen LogP contribution in [0.15, 0.2) is 21.8 Å². The average Bonchev–Trinajstić information content (AvgIpc) is 2.03. The van der Waals surface area contributed by atoms with Gasteiger partial charge in [-0.05, 0) is 29.8 Å². The van der Waals surface area contributed by atoms with Gasteiger partial charge in [-0.1, -0.05) is 15.9 Å². The number of benzene rings is 1. The molecule has 0 amide bonds. The van der Waals surface area contributed by atoms with Gasteiger partial charge in [-0.2, -0.15) is 0 Å². The van der Waals surface area contributed by atoms with Crippen molar-refractivity contribution in [3.05, 3.63) is 27.1 Å². The molecular formula is C8H8BrNO2. The highest BCUT2D eigenvalue weighted by Gasteiger charge is 2.07. The molecular weight excluding hydrogens is 222 g/mol. The predicted octanol–water partition coefficient (Wildman–Crippen LogP) is 3.16. The molecule has 12 heavy (non-hydrogen) atoms. The zero-order valence-corrected chi connectivity index (χ0v) is 8.38. The molecule has 3 nitrogen and oxygen atoms in total. The fraction of sp³-hybridized carbons (Fsp3) is 0.250. The van der Waals surface area contributed by atoms with Gasteiger partial charge in [0.1, 0.15) is 5.75 Å². The van der Waals surface area contributed by atoms with Gasteiger partial charge in [0.2, 0.25) is 0 Å². The predicted molar refractivity (Wildman–Crippen MR) is 50.9 cm³/mol. The molecule has 0 aliphatic heterocycles. The first-order chi connectivity index (χ1) is 5.69. The van der Waals surface area contributed by atoms with Crippen LogP contribution in [0.2, 0.25) is 0 Å². The Balaban J connectivity index is 3.33. The van der Waals surface area contributed by atoms with Gasteiger partial charge in [-0.3, -0.25) is 0 Å². The Kier molecular flexibility index (Phi) is 2.81. The second-order valence-corrected chi connectivity index (χ2v) is 3.28. The van der Waals surface area contributed by atoms with Gasteiger partial charge in [0.25, 0.3) is 0 Å². The summed E-state index contributed by atoms with van der Waals surface area (Å²) in [5.74, 6) is 0.497. The molecule has 0 saturated carbocycles. The van der Waals surface area contributed by atoms with Crippen molar-refractivity contribution in [2.75, 3.05) is 7.11 Å². The van der Waals surface area contributed by atoms with Crippen molar-refractivity contribution in [3.63, 3.8) is 0 Å². The van der Waals surface area contributed by atoms with Crippen molar-refractivity contribution >= 4 is 21.6 Å². The maximum Gasteiger partial charge on any atom is 0.152 e. The highest BCUT2D eigenvalue weighted by Crippen LogP contribution is 2.33. The number of ether oxygens (including phenoxy) is 1. The quantitative estimate of drug-likeness (QED) is 0.732. The van der Waals surface area contributed by atoms with Crippen LogP contribution in [-0.2, 0) is 0 Å². The number of hydrogen-bond donors (Lipinski definition) is 0. The number of nitrogens with zero attached hydrogens (tertiary/aromatic N) is 1. The van der Waals surface area contributed by atoms with E-state index in [0.717, 1.165) is 10.0 Å². The van der Waals surface area contributed by atoms with E-state index in [2.05, 4.69) is 21.1 Å². The van der Waals surface area contributed by atoms with E-state index in [4.69, 9.17) is 4.74 Å². The summed E-state index contributed by atoms with van der Waals surface area (Å²) in [6.07, 6.45) is 0. The molecule has 4 heteroatoms. The van der Waals surface area contributed by atoms with Gasteiger partial charge in [0, 0.05) is 4.47 Å². The molecule has 0 radical (unpaired) electrons. The van der Waals surface area contributed by atoms with E-state index in [-0.39, 0.29) is 0 Å². The zero-order chi connectivity index (χ0) is 9.14. The smallest absolute Gasteiger partial charge is 0.152 e. The molecule has 1 aromatic rings. The third-order valence-corrected chi connectivity index (χ3v) is 2.00. The lowest BCUT2D eigenvalue weighted by Crippen LogP contribution is -1.85. The van der Waals surface area contributed by atoms with Crippen LogP contribution in [0.4, 0.5) is 5.69 Å². The van der Waals surface area contributed by atoms with E-state index in [0.29, 0.717) is 11.4 Å². The summed E-state index contributed by atoms with van der Waals surface area (Å²) in [6.45, 7) is 1.81. The van der Waals surface area contributed by atoms with Crippen molar-refractivity contribution in [1.29, 1.82) is 0 Å². The Bertz CT molecular complexity index is 312. The molecule has 0 saturated heterocycles. The monoisotopic (exact) mass is 229 g/mol. The summed E-state index contributed by atoms with van der Waals surface area (Å²) >= 11 is 3.29. The van der Waals surface area contributed by atoms with E-state index in [1.807, 2.05) is 13.0 Å². The molecule has 1 aromatic carbocycles. The van der Waals surface area contributed by atoms with Gasteiger partial charge in [-0.15, -0.1) is 4.91 Å². The third-order valence-electron chi connectivity index (χ3n) is 1.54. The van der Waals surface area contributed by atoms with E-state index >= 15 is 0 Å². The van der Waals surface area contributed by atoms with Gasteiger partial charge in [0.05, 0.1) is 7.11 Å². The minimum atomic E-state index is 0.362. The summed E-state index contributed by atoms with van der Waals surface area (Å²) in [7, 11) is 1.51. The van der Waals surface area contributed by atoms with Crippen LogP contribution < -0.4 is 4.74 Å². The maximum atomic E-state index is 10.4. The minimum Gasteiger partial charge on any atom is -0.494 e. The number of halogens is 1. The van der Waals surface area contributed by atoms with Gasteiger partial charge in [-0.25, -0.2) is 0 Å². The van der Waals surface area contributed by atoms with Crippen LogP contribution in [-0.4, -0.2) is 7.11 Å². The molecule has 0 fully saturated rings. The lowest BCUT2D eigenvalue weighted by molar-refractivity contribution is 0.415. The SMILES string of the molecule is COc1cc(Br)cc(C)c1N=O. The van der Waals surface area contributed by atoms with Crippen molar-refractivity contribution in [3.8, 4) is 5.75 Å². The Labute approximate surface area is 78.8 Å². The largest absolute Gasteiger partial charge is 0.494 e. The van der Waals surface area contributed by atoms with Crippen LogP contribution >= 0.6 is 15.9 Å². The second kappa shape index (κ2) is 3.67. The van der Waals surface area contributed by atoms with Crippen LogP contribution in [0.5, 0.6) is 5.75 Å². The van der Waals surface area contributed by atoms with Crippen LogP contribution in [0.1, 0.15) is 5.56 Å². The number of rotatable bonds is 2. The molecule has 1 rings (SSSR count). The fourth-order valence-electron chi connectivity index (χ4n) is 0.977. The first-order valence-corrected chi connectivity index (χ1v) is 4.16. The Hall–Kier alpha value is -0.900. The fourth-order valence-corrected chi connectivity index (χ4v) is 1.53. The van der Waals surface area contributed by atoms with Gasteiger partial charge < -0.3 is 4.74 Å². The first-order valence-electron chi connectivity index (χ1n) is 3.36. The lowest BCUT2D eigenvalue weighted by Gasteiger charge is -2.05. The topological polar surface area (TPSA) is 38.7 Å². The number of nitroso groups, excluding NO2 is 1. The van der Waals surface area contributed by atoms with Crippen LogP contribution in [0.3, 0.4) is 0 Å². The van der Waals surface area contributed by atoms with Crippen molar-refractivity contribution in [2.24, 2.45) is 5.18 Å². The van der Waals surface area contributed by atoms with E-state index in [9.17, 15) is 4.91 Å². The molecule has 0 heterocycles. The van der Waals surface area contributed by atoms with Gasteiger partial charge in [0.15, 0.2) is 5.69 Å². The number of aryl methyl sites for hydroxylation is 1. The average molecular weight is 230 g/mol. The molecule has 0 aromatic heterocycles. The summed E-state index contributed by atoms with van der Waals surface area (Å²) in [4.78, 5) is 10.4. The molecule has 0 aliphatic carbocycles. The Morgan fingerprint density at radius 1 is 1.50 bits per heavy atom. The molecule has 64 valence electrons. The minimum absolute atomic E-state index is 0.362. The summed E-state index contributed by atoms with van der Waals surface area (Å²) in [5.41, 5.74) is 1.16. The number of hydrogen-bond acceptors (Lipinski definition) is 3. The van der Waals surface area contributed by atoms with E-state index in [1.165, 1.54) is 7.11 Å². The maximum absolute atomic E-state index is 10.4. The lowest BCUT2D eigenvalue weighted by atomic mass is 10.2. The third kappa shape index (κ3) is 1.64. The van der Waals surface area contributed by atoms with Crippen molar-refractivity contribution < 1.29 is 4.74 Å². The number of methoxy groups -OCH3 is 1. The second-order valence-electron chi connectivity index (χ2n) is 2.36. The summed E-state index contributed by atoms with van der Waals surface area (Å²) in [6, 6.07) is 3.53. The Morgan fingerprint density at radius 2 is 2.17 bits per heavy atom. The zero-order valence-electron chi connectivity index (χ0n) is 6.80. The van der Waals surface area contributed by atoms with Crippen molar-refractivity contribution in [2.45, 2.75) is 6.92 Å². The van der Waals surface area contributed by atoms with E-state index in [1.54, 1.807) is 6.07 Å². The van der Waals surface area contributed by atoms with Gasteiger partial charge >= 0.3 is 0 Å².